The number of unbranched alkanes of at least 4 members (excludes halogenated alkanes) is 1. The van der Waals surface area contributed by atoms with E-state index in [0.717, 1.165) is 18.7 Å². The van der Waals surface area contributed by atoms with Crippen molar-refractivity contribution in [3.63, 3.8) is 0 Å². The van der Waals surface area contributed by atoms with E-state index in [1.54, 1.807) is 11.0 Å². The fourth-order valence-electron chi connectivity index (χ4n) is 1.31. The molecule has 0 bridgehead atoms. The highest BCUT2D eigenvalue weighted by molar-refractivity contribution is 4.87. The van der Waals surface area contributed by atoms with Crippen molar-refractivity contribution in [2.75, 3.05) is 0 Å². The van der Waals surface area contributed by atoms with Crippen LogP contribution in [0.2, 0.25) is 0 Å². The molecule has 0 saturated heterocycles. The monoisotopic (exact) mass is 182 g/mol. The molecule has 0 aromatic carbocycles. The van der Waals surface area contributed by atoms with E-state index >= 15 is 0 Å². The van der Waals surface area contributed by atoms with Crippen molar-refractivity contribution in [3.8, 4) is 0 Å². The third kappa shape index (κ3) is 3.14. The molecule has 74 valence electrons. The van der Waals surface area contributed by atoms with Crippen LogP contribution in [0.4, 0.5) is 0 Å². The van der Waals surface area contributed by atoms with Gasteiger partial charge in [0, 0.05) is 19.5 Å². The first-order chi connectivity index (χ1) is 6.24. The Balaban J connectivity index is 2.36. The van der Waals surface area contributed by atoms with Gasteiger partial charge in [-0.1, -0.05) is 19.8 Å². The normalized spacial score (nSPS) is 13.2. The summed E-state index contributed by atoms with van der Waals surface area (Å²) in [6, 6.07) is 0.225. The minimum atomic E-state index is 0.225. The minimum Gasteiger partial charge on any atom is -0.327 e. The summed E-state index contributed by atoms with van der Waals surface area (Å²) in [6.07, 6.45) is 5.87. The summed E-state index contributed by atoms with van der Waals surface area (Å²) in [7, 11) is 1.90. The van der Waals surface area contributed by atoms with Crippen LogP contribution in [0.15, 0.2) is 6.33 Å². The van der Waals surface area contributed by atoms with Crippen molar-refractivity contribution >= 4 is 0 Å². The summed E-state index contributed by atoms with van der Waals surface area (Å²) in [5, 5.41) is 4.00. The van der Waals surface area contributed by atoms with Gasteiger partial charge in [0.15, 0.2) is 0 Å². The molecule has 0 aliphatic heterocycles. The van der Waals surface area contributed by atoms with Crippen molar-refractivity contribution in [1.82, 2.24) is 14.8 Å². The first kappa shape index (κ1) is 10.2. The van der Waals surface area contributed by atoms with Crippen molar-refractivity contribution in [1.29, 1.82) is 0 Å². The number of rotatable bonds is 5. The molecule has 2 N–H and O–H groups in total. The molecule has 1 aromatic heterocycles. The zero-order valence-corrected chi connectivity index (χ0v) is 8.40. The first-order valence-electron chi connectivity index (χ1n) is 4.82. The lowest BCUT2D eigenvalue weighted by molar-refractivity contribution is 0.545. The standard InChI is InChI=1S/C9H18N4/c1-3-4-5-8(10)6-9-11-7-12-13(9)2/h7-8H,3-6,10H2,1-2H3. The molecule has 0 saturated carbocycles. The van der Waals surface area contributed by atoms with Gasteiger partial charge >= 0.3 is 0 Å². The lowest BCUT2D eigenvalue weighted by Crippen LogP contribution is -2.24. The fourth-order valence-corrected chi connectivity index (χ4v) is 1.31. The highest BCUT2D eigenvalue weighted by atomic mass is 15.3. The molecular weight excluding hydrogens is 164 g/mol. The molecule has 0 spiro atoms. The van der Waals surface area contributed by atoms with Gasteiger partial charge in [-0.3, -0.25) is 4.68 Å². The highest BCUT2D eigenvalue weighted by Gasteiger charge is 2.07. The largest absolute Gasteiger partial charge is 0.327 e. The van der Waals surface area contributed by atoms with Gasteiger partial charge in [-0.05, 0) is 6.42 Å². The highest BCUT2D eigenvalue weighted by Crippen LogP contribution is 2.03. The molecule has 4 heteroatoms. The molecule has 1 heterocycles. The number of nitrogens with two attached hydrogens (primary N) is 1. The van der Waals surface area contributed by atoms with E-state index in [4.69, 9.17) is 5.73 Å². The summed E-state index contributed by atoms with van der Waals surface area (Å²) in [5.41, 5.74) is 5.94. The van der Waals surface area contributed by atoms with Gasteiger partial charge in [0.2, 0.25) is 0 Å². The van der Waals surface area contributed by atoms with E-state index in [2.05, 4.69) is 17.0 Å². The molecule has 1 aromatic rings. The van der Waals surface area contributed by atoms with Crippen molar-refractivity contribution in [2.24, 2.45) is 12.8 Å². The molecular formula is C9H18N4. The van der Waals surface area contributed by atoms with Crippen LogP contribution < -0.4 is 5.73 Å². The third-order valence-corrected chi connectivity index (χ3v) is 2.18. The number of aromatic nitrogens is 3. The summed E-state index contributed by atoms with van der Waals surface area (Å²) >= 11 is 0. The topological polar surface area (TPSA) is 56.7 Å². The lowest BCUT2D eigenvalue weighted by atomic mass is 10.1. The van der Waals surface area contributed by atoms with Crippen LogP contribution in [0, 0.1) is 0 Å². The summed E-state index contributed by atoms with van der Waals surface area (Å²) < 4.78 is 1.78. The zero-order valence-electron chi connectivity index (χ0n) is 8.40. The number of hydrogen-bond donors (Lipinski definition) is 1. The second-order valence-corrected chi connectivity index (χ2v) is 3.41. The first-order valence-corrected chi connectivity index (χ1v) is 4.82. The number of aryl methyl sites for hydroxylation is 1. The van der Waals surface area contributed by atoms with E-state index in [0.29, 0.717) is 0 Å². The summed E-state index contributed by atoms with van der Waals surface area (Å²) in [5.74, 6) is 0.976. The van der Waals surface area contributed by atoms with Crippen molar-refractivity contribution in [2.45, 2.75) is 38.6 Å². The Morgan fingerprint density at radius 1 is 1.62 bits per heavy atom. The third-order valence-electron chi connectivity index (χ3n) is 2.18. The van der Waals surface area contributed by atoms with Crippen LogP contribution >= 0.6 is 0 Å². The van der Waals surface area contributed by atoms with Crippen LogP contribution in [-0.4, -0.2) is 20.8 Å². The predicted molar refractivity (Wildman–Crippen MR) is 52.2 cm³/mol. The quantitative estimate of drug-likeness (QED) is 0.735. The lowest BCUT2D eigenvalue weighted by Gasteiger charge is -2.09. The zero-order chi connectivity index (χ0) is 9.68. The average molecular weight is 182 g/mol. The van der Waals surface area contributed by atoms with Crippen LogP contribution in [0.5, 0.6) is 0 Å². The Hall–Kier alpha value is -0.900. The average Bonchev–Trinajstić information content (AvgIpc) is 2.48. The van der Waals surface area contributed by atoms with E-state index < -0.39 is 0 Å². The second kappa shape index (κ2) is 4.97. The second-order valence-electron chi connectivity index (χ2n) is 3.41. The molecule has 1 unspecified atom stereocenters. The molecule has 0 aliphatic carbocycles. The van der Waals surface area contributed by atoms with E-state index in [1.807, 2.05) is 7.05 Å². The number of hydrogen-bond acceptors (Lipinski definition) is 3. The van der Waals surface area contributed by atoms with Gasteiger partial charge in [0.1, 0.15) is 12.2 Å². The molecule has 13 heavy (non-hydrogen) atoms. The Bertz CT molecular complexity index is 244. The maximum absolute atomic E-state index is 5.94. The van der Waals surface area contributed by atoms with E-state index in [1.165, 1.54) is 12.8 Å². The van der Waals surface area contributed by atoms with E-state index in [9.17, 15) is 0 Å². The number of nitrogens with zero attached hydrogens (tertiary/aromatic N) is 3. The molecule has 1 rings (SSSR count). The summed E-state index contributed by atoms with van der Waals surface area (Å²) in [4.78, 5) is 4.14. The van der Waals surface area contributed by atoms with Gasteiger partial charge in [-0.2, -0.15) is 5.10 Å². The van der Waals surface area contributed by atoms with Crippen LogP contribution in [-0.2, 0) is 13.5 Å². The Labute approximate surface area is 79.2 Å². The minimum absolute atomic E-state index is 0.225. The van der Waals surface area contributed by atoms with Gasteiger partial charge < -0.3 is 5.73 Å². The smallest absolute Gasteiger partial charge is 0.138 e. The predicted octanol–water partition coefficient (Wildman–Crippen LogP) is 0.875. The van der Waals surface area contributed by atoms with Gasteiger partial charge in [0.25, 0.3) is 0 Å². The van der Waals surface area contributed by atoms with E-state index in [-0.39, 0.29) is 6.04 Å². The Morgan fingerprint density at radius 3 is 2.92 bits per heavy atom. The maximum Gasteiger partial charge on any atom is 0.138 e. The molecule has 0 aliphatic rings. The summed E-state index contributed by atoms with van der Waals surface area (Å²) in [6.45, 7) is 2.18. The van der Waals surface area contributed by atoms with Crippen LogP contribution in [0.25, 0.3) is 0 Å². The van der Waals surface area contributed by atoms with Gasteiger partial charge in [-0.25, -0.2) is 4.98 Å². The fraction of sp³-hybridized carbons (Fsp3) is 0.778. The molecule has 0 radical (unpaired) electrons. The van der Waals surface area contributed by atoms with Crippen molar-refractivity contribution < 1.29 is 0 Å². The molecule has 0 fully saturated rings. The maximum atomic E-state index is 5.94. The van der Waals surface area contributed by atoms with Crippen LogP contribution in [0.3, 0.4) is 0 Å². The van der Waals surface area contributed by atoms with Gasteiger partial charge in [-0.15, -0.1) is 0 Å². The van der Waals surface area contributed by atoms with Crippen LogP contribution in [0.1, 0.15) is 32.0 Å². The SMILES string of the molecule is CCCCC(N)Cc1ncnn1C. The molecule has 0 amide bonds. The Kier molecular flexibility index (Phi) is 3.89. The van der Waals surface area contributed by atoms with Crippen molar-refractivity contribution in [3.05, 3.63) is 12.2 Å². The van der Waals surface area contributed by atoms with Gasteiger partial charge in [0.05, 0.1) is 0 Å². The molecule has 4 nitrogen and oxygen atoms in total. The molecule has 1 atom stereocenters. The Morgan fingerprint density at radius 2 is 2.38 bits per heavy atom.